The van der Waals surface area contributed by atoms with Gasteiger partial charge in [0.05, 0.1) is 35.5 Å². The SMILES string of the molecule is COC(=O)CC1COC(C)(c2ccc(Cl)s2)O1. The number of rotatable bonds is 3. The summed E-state index contributed by atoms with van der Waals surface area (Å²) >= 11 is 7.29. The van der Waals surface area contributed by atoms with Gasteiger partial charge in [0.15, 0.2) is 0 Å². The topological polar surface area (TPSA) is 44.8 Å². The third-order valence-corrected chi connectivity index (χ3v) is 3.99. The summed E-state index contributed by atoms with van der Waals surface area (Å²) in [4.78, 5) is 12.0. The predicted molar refractivity (Wildman–Crippen MR) is 64.1 cm³/mol. The maximum Gasteiger partial charge on any atom is 0.308 e. The molecule has 0 amide bonds. The van der Waals surface area contributed by atoms with Crippen molar-refractivity contribution in [3.63, 3.8) is 0 Å². The summed E-state index contributed by atoms with van der Waals surface area (Å²) in [5, 5.41) is 0. The molecule has 2 heterocycles. The van der Waals surface area contributed by atoms with Crippen LogP contribution in [0, 0.1) is 0 Å². The summed E-state index contributed by atoms with van der Waals surface area (Å²) in [5.41, 5.74) is 0. The lowest BCUT2D eigenvalue weighted by Crippen LogP contribution is -2.23. The average Bonchev–Trinajstić information content (AvgIpc) is 2.87. The van der Waals surface area contributed by atoms with Gasteiger partial charge in [-0.15, -0.1) is 11.3 Å². The number of carbonyl (C=O) groups is 1. The van der Waals surface area contributed by atoms with Gasteiger partial charge in [0.1, 0.15) is 0 Å². The minimum Gasteiger partial charge on any atom is -0.469 e. The Morgan fingerprint density at radius 3 is 3.06 bits per heavy atom. The Morgan fingerprint density at radius 2 is 2.47 bits per heavy atom. The molecule has 1 saturated heterocycles. The Labute approximate surface area is 108 Å². The molecule has 1 fully saturated rings. The summed E-state index contributed by atoms with van der Waals surface area (Å²) in [5.74, 6) is -1.11. The first kappa shape index (κ1) is 12.8. The number of halogens is 1. The van der Waals surface area contributed by atoms with Crippen molar-refractivity contribution in [2.75, 3.05) is 13.7 Å². The van der Waals surface area contributed by atoms with Crippen LogP contribution in [0.3, 0.4) is 0 Å². The molecule has 1 aromatic heterocycles. The Hall–Kier alpha value is -0.620. The van der Waals surface area contributed by atoms with Gasteiger partial charge in [-0.25, -0.2) is 0 Å². The minimum atomic E-state index is -0.809. The fourth-order valence-corrected chi connectivity index (χ4v) is 2.78. The molecule has 6 heteroatoms. The second-order valence-corrected chi connectivity index (χ2v) is 5.60. The normalized spacial score (nSPS) is 28.3. The monoisotopic (exact) mass is 276 g/mol. The molecule has 4 nitrogen and oxygen atoms in total. The molecule has 17 heavy (non-hydrogen) atoms. The highest BCUT2D eigenvalue weighted by molar-refractivity contribution is 7.16. The Bertz CT molecular complexity index is 419. The highest BCUT2D eigenvalue weighted by Gasteiger charge is 2.40. The highest BCUT2D eigenvalue weighted by Crippen LogP contribution is 2.39. The maximum absolute atomic E-state index is 11.1. The maximum atomic E-state index is 11.1. The van der Waals surface area contributed by atoms with Crippen molar-refractivity contribution in [1.82, 2.24) is 0 Å². The molecule has 0 aliphatic carbocycles. The summed E-state index contributed by atoms with van der Waals surface area (Å²) < 4.78 is 16.7. The van der Waals surface area contributed by atoms with E-state index >= 15 is 0 Å². The lowest BCUT2D eigenvalue weighted by molar-refractivity contribution is -0.164. The van der Waals surface area contributed by atoms with Gasteiger partial charge in [0.2, 0.25) is 5.79 Å². The molecule has 0 saturated carbocycles. The molecule has 2 atom stereocenters. The summed E-state index contributed by atoms with van der Waals surface area (Å²) in [6.07, 6.45) is -0.0705. The van der Waals surface area contributed by atoms with Crippen molar-refractivity contribution in [1.29, 1.82) is 0 Å². The Morgan fingerprint density at radius 1 is 1.71 bits per heavy atom. The standard InChI is InChI=1S/C11H13ClO4S/c1-11(8-3-4-9(12)17-8)15-6-7(16-11)5-10(13)14-2/h3-4,7H,5-6H2,1-2H3. The number of hydrogen-bond acceptors (Lipinski definition) is 5. The molecule has 1 aliphatic heterocycles. The van der Waals surface area contributed by atoms with Crippen molar-refractivity contribution >= 4 is 28.9 Å². The first-order valence-electron chi connectivity index (χ1n) is 5.18. The Kier molecular flexibility index (Phi) is 3.73. The molecule has 0 aromatic carbocycles. The van der Waals surface area contributed by atoms with Gasteiger partial charge in [0, 0.05) is 0 Å². The number of carbonyl (C=O) groups excluding carboxylic acids is 1. The zero-order valence-corrected chi connectivity index (χ0v) is 11.1. The van der Waals surface area contributed by atoms with E-state index in [9.17, 15) is 4.79 Å². The first-order chi connectivity index (χ1) is 8.03. The van der Waals surface area contributed by atoms with E-state index in [1.165, 1.54) is 18.4 Å². The number of esters is 1. The zero-order chi connectivity index (χ0) is 12.5. The van der Waals surface area contributed by atoms with Gasteiger partial charge in [-0.2, -0.15) is 0 Å². The smallest absolute Gasteiger partial charge is 0.308 e. The fourth-order valence-electron chi connectivity index (χ4n) is 1.70. The van der Waals surface area contributed by atoms with Gasteiger partial charge >= 0.3 is 5.97 Å². The van der Waals surface area contributed by atoms with Crippen LogP contribution < -0.4 is 0 Å². The second-order valence-electron chi connectivity index (χ2n) is 3.88. The van der Waals surface area contributed by atoms with Crippen LogP contribution in [0.4, 0.5) is 0 Å². The molecule has 1 aliphatic rings. The molecule has 0 N–H and O–H groups in total. The van der Waals surface area contributed by atoms with Crippen molar-refractivity contribution in [2.24, 2.45) is 0 Å². The number of methoxy groups -OCH3 is 1. The summed E-state index contributed by atoms with van der Waals surface area (Å²) in [6, 6.07) is 3.67. The quantitative estimate of drug-likeness (QED) is 0.796. The van der Waals surface area contributed by atoms with E-state index in [0.29, 0.717) is 10.9 Å². The lowest BCUT2D eigenvalue weighted by atomic mass is 10.2. The van der Waals surface area contributed by atoms with E-state index in [2.05, 4.69) is 4.74 Å². The van der Waals surface area contributed by atoms with Crippen LogP contribution in [-0.2, 0) is 24.8 Å². The third-order valence-electron chi connectivity index (χ3n) is 2.58. The van der Waals surface area contributed by atoms with Crippen LogP contribution >= 0.6 is 22.9 Å². The Balaban J connectivity index is 2.03. The van der Waals surface area contributed by atoms with E-state index in [4.69, 9.17) is 21.1 Å². The molecular formula is C11H13ClO4S. The number of ether oxygens (including phenoxy) is 3. The molecule has 0 radical (unpaired) electrons. The van der Waals surface area contributed by atoms with Crippen LogP contribution in [0.2, 0.25) is 4.34 Å². The number of hydrogen-bond donors (Lipinski definition) is 0. The van der Waals surface area contributed by atoms with E-state index in [1.54, 1.807) is 6.07 Å². The van der Waals surface area contributed by atoms with Crippen LogP contribution in [0.5, 0.6) is 0 Å². The van der Waals surface area contributed by atoms with Crippen molar-refractivity contribution < 1.29 is 19.0 Å². The summed E-state index contributed by atoms with van der Waals surface area (Å²) in [6.45, 7) is 2.20. The molecule has 2 unspecified atom stereocenters. The van der Waals surface area contributed by atoms with Crippen LogP contribution in [0.15, 0.2) is 12.1 Å². The van der Waals surface area contributed by atoms with Crippen molar-refractivity contribution in [3.8, 4) is 0 Å². The highest BCUT2D eigenvalue weighted by atomic mass is 35.5. The molecule has 2 rings (SSSR count). The third kappa shape index (κ3) is 2.80. The van der Waals surface area contributed by atoms with E-state index in [0.717, 1.165) is 4.88 Å². The molecule has 1 aromatic rings. The van der Waals surface area contributed by atoms with Gasteiger partial charge in [0.25, 0.3) is 0 Å². The van der Waals surface area contributed by atoms with E-state index in [-0.39, 0.29) is 18.5 Å². The van der Waals surface area contributed by atoms with Crippen LogP contribution in [0.1, 0.15) is 18.2 Å². The second kappa shape index (κ2) is 4.94. The fraction of sp³-hybridized carbons (Fsp3) is 0.545. The molecule has 94 valence electrons. The van der Waals surface area contributed by atoms with Crippen molar-refractivity contribution in [3.05, 3.63) is 21.3 Å². The zero-order valence-electron chi connectivity index (χ0n) is 9.57. The molecule has 0 spiro atoms. The van der Waals surface area contributed by atoms with Gasteiger partial charge < -0.3 is 14.2 Å². The number of thiophene rings is 1. The van der Waals surface area contributed by atoms with E-state index < -0.39 is 5.79 Å². The predicted octanol–water partition coefficient (Wildman–Crippen LogP) is 2.55. The van der Waals surface area contributed by atoms with Gasteiger partial charge in [-0.05, 0) is 19.1 Å². The summed E-state index contributed by atoms with van der Waals surface area (Å²) in [7, 11) is 1.36. The first-order valence-corrected chi connectivity index (χ1v) is 6.37. The minimum absolute atomic E-state index is 0.200. The van der Waals surface area contributed by atoms with Gasteiger partial charge in [-0.1, -0.05) is 11.6 Å². The molecular weight excluding hydrogens is 264 g/mol. The van der Waals surface area contributed by atoms with Crippen LogP contribution in [-0.4, -0.2) is 25.8 Å². The average molecular weight is 277 g/mol. The largest absolute Gasteiger partial charge is 0.469 e. The van der Waals surface area contributed by atoms with Crippen molar-refractivity contribution in [2.45, 2.75) is 25.2 Å². The van der Waals surface area contributed by atoms with Gasteiger partial charge in [-0.3, -0.25) is 4.79 Å². The molecule has 0 bridgehead atoms. The lowest BCUT2D eigenvalue weighted by Gasteiger charge is -2.21. The van der Waals surface area contributed by atoms with Crippen LogP contribution in [0.25, 0.3) is 0 Å². The van der Waals surface area contributed by atoms with E-state index in [1.807, 2.05) is 13.0 Å².